The van der Waals surface area contributed by atoms with Gasteiger partial charge in [-0.25, -0.2) is 13.4 Å². The van der Waals surface area contributed by atoms with Gasteiger partial charge in [-0.15, -0.1) is 0 Å². The fraction of sp³-hybridized carbons (Fsp3) is 0.286. The van der Waals surface area contributed by atoms with Crippen LogP contribution in [0.3, 0.4) is 0 Å². The van der Waals surface area contributed by atoms with Gasteiger partial charge in [-0.1, -0.05) is 0 Å². The van der Waals surface area contributed by atoms with Crippen molar-refractivity contribution < 1.29 is 13.3 Å². The Morgan fingerprint density at radius 2 is 2.00 bits per heavy atom. The second-order valence-corrected chi connectivity index (χ2v) is 4.75. The van der Waals surface area contributed by atoms with Crippen molar-refractivity contribution in [3.63, 3.8) is 0 Å². The van der Waals surface area contributed by atoms with Crippen molar-refractivity contribution in [3.8, 4) is 0 Å². The molecule has 0 aliphatic carbocycles. The van der Waals surface area contributed by atoms with E-state index in [1.165, 1.54) is 6.92 Å². The third-order valence-electron chi connectivity index (χ3n) is 1.61. The highest BCUT2D eigenvalue weighted by molar-refractivity contribution is 7.90. The molecule has 0 radical (unpaired) electrons. The Morgan fingerprint density at radius 3 is 2.36 bits per heavy atom. The average molecular weight is 216 g/mol. The molecule has 1 rings (SSSR count). The van der Waals surface area contributed by atoms with Gasteiger partial charge < -0.3 is 0 Å². The molecule has 76 valence electrons. The highest BCUT2D eigenvalue weighted by atomic mass is 32.2. The van der Waals surface area contributed by atoms with Gasteiger partial charge in [0.15, 0.2) is 14.9 Å². The maximum atomic E-state index is 11.0. The Labute approximate surface area is 80.7 Å². The van der Waals surface area contributed by atoms with E-state index in [0.717, 1.165) is 18.4 Å². The van der Waals surface area contributed by atoms with E-state index in [1.807, 2.05) is 0 Å². The van der Waals surface area contributed by atoms with Crippen LogP contribution in [0.4, 0.5) is 5.69 Å². The van der Waals surface area contributed by atoms with Gasteiger partial charge in [0, 0.05) is 12.3 Å². The summed E-state index contributed by atoms with van der Waals surface area (Å²) in [6, 6.07) is 2.26. The fourth-order valence-corrected chi connectivity index (χ4v) is 1.55. The number of hydrogen-bond acceptors (Lipinski definition) is 5. The van der Waals surface area contributed by atoms with Crippen molar-refractivity contribution in [1.82, 2.24) is 4.98 Å². The molecule has 0 unspecified atom stereocenters. The molecule has 0 aromatic carbocycles. The van der Waals surface area contributed by atoms with Crippen LogP contribution >= 0.6 is 0 Å². The molecule has 6 nitrogen and oxygen atoms in total. The number of sulfone groups is 1. The summed E-state index contributed by atoms with van der Waals surface area (Å²) in [4.78, 5) is 13.4. The molecule has 0 amide bonds. The molecule has 0 spiro atoms. The third kappa shape index (κ3) is 2.05. The highest BCUT2D eigenvalue weighted by Gasteiger charge is 2.16. The Balaban J connectivity index is 3.34. The maximum Gasteiger partial charge on any atom is 0.290 e. The first kappa shape index (κ1) is 10.6. The number of rotatable bonds is 2. The molecule has 0 saturated heterocycles. The number of hydrogen-bond donors (Lipinski definition) is 0. The predicted molar refractivity (Wildman–Crippen MR) is 48.7 cm³/mol. The summed E-state index contributed by atoms with van der Waals surface area (Å²) in [5.41, 5.74) is -0.0877. The van der Waals surface area contributed by atoms with Gasteiger partial charge in [0.2, 0.25) is 0 Å². The van der Waals surface area contributed by atoms with Crippen LogP contribution < -0.4 is 0 Å². The molecule has 0 aliphatic heterocycles. The second kappa shape index (κ2) is 3.33. The molecule has 0 N–H and O–H groups in total. The van der Waals surface area contributed by atoms with Crippen molar-refractivity contribution in [2.24, 2.45) is 0 Å². The normalized spacial score (nSPS) is 11.3. The number of nitro groups is 1. The van der Waals surface area contributed by atoms with E-state index in [-0.39, 0.29) is 16.4 Å². The number of aromatic nitrogens is 1. The number of pyridine rings is 1. The topological polar surface area (TPSA) is 90.2 Å². The molecule has 0 bridgehead atoms. The first-order valence-electron chi connectivity index (χ1n) is 3.64. The van der Waals surface area contributed by atoms with E-state index in [1.54, 1.807) is 0 Å². The van der Waals surface area contributed by atoms with Gasteiger partial charge >= 0.3 is 0 Å². The maximum absolute atomic E-state index is 11.0. The summed E-state index contributed by atoms with van der Waals surface area (Å²) in [6.45, 7) is 1.40. The van der Waals surface area contributed by atoms with E-state index in [9.17, 15) is 18.5 Å². The molecular weight excluding hydrogens is 208 g/mol. The van der Waals surface area contributed by atoms with Crippen molar-refractivity contribution >= 4 is 15.5 Å². The fourth-order valence-electron chi connectivity index (χ4n) is 0.930. The summed E-state index contributed by atoms with van der Waals surface area (Å²) < 4.78 is 22.1. The summed E-state index contributed by atoms with van der Waals surface area (Å²) in [5, 5.41) is 10.2. The van der Waals surface area contributed by atoms with Gasteiger partial charge in [-0.3, -0.25) is 10.1 Å². The molecule has 1 aromatic heterocycles. The van der Waals surface area contributed by atoms with Crippen LogP contribution in [0.15, 0.2) is 17.2 Å². The van der Waals surface area contributed by atoms with Crippen LogP contribution in [0.25, 0.3) is 0 Å². The SMILES string of the molecule is Cc1nc(S(C)(=O)=O)ccc1[N+](=O)[O-]. The minimum absolute atomic E-state index is 0.0953. The van der Waals surface area contributed by atoms with Gasteiger partial charge in [0.1, 0.15) is 5.69 Å². The Bertz CT molecular complexity index is 480. The zero-order valence-electron chi connectivity index (χ0n) is 7.59. The molecule has 0 atom stereocenters. The van der Waals surface area contributed by atoms with Gasteiger partial charge in [-0.2, -0.15) is 0 Å². The molecular formula is C7H8N2O4S. The van der Waals surface area contributed by atoms with Gasteiger partial charge in [-0.05, 0) is 13.0 Å². The van der Waals surface area contributed by atoms with E-state index in [2.05, 4.69) is 4.98 Å². The van der Waals surface area contributed by atoms with Crippen LogP contribution in [0.2, 0.25) is 0 Å². The van der Waals surface area contributed by atoms with Crippen LogP contribution in [-0.4, -0.2) is 24.6 Å². The summed E-state index contributed by atoms with van der Waals surface area (Å²) in [7, 11) is -3.40. The quantitative estimate of drug-likeness (QED) is 0.536. The Hall–Kier alpha value is -1.50. The monoisotopic (exact) mass is 216 g/mol. The lowest BCUT2D eigenvalue weighted by Gasteiger charge is -1.99. The average Bonchev–Trinajstić information content (AvgIpc) is 2.01. The molecule has 0 aliphatic rings. The van der Waals surface area contributed by atoms with E-state index in [0.29, 0.717) is 0 Å². The zero-order chi connectivity index (χ0) is 10.9. The molecule has 0 saturated carbocycles. The van der Waals surface area contributed by atoms with E-state index < -0.39 is 14.8 Å². The first-order valence-corrected chi connectivity index (χ1v) is 5.53. The Morgan fingerprint density at radius 1 is 1.43 bits per heavy atom. The number of nitrogens with zero attached hydrogens (tertiary/aromatic N) is 2. The van der Waals surface area contributed by atoms with Crippen LogP contribution in [0.1, 0.15) is 5.69 Å². The molecule has 0 fully saturated rings. The van der Waals surface area contributed by atoms with Crippen molar-refractivity contribution in [2.75, 3.05) is 6.26 Å². The second-order valence-electron chi connectivity index (χ2n) is 2.78. The van der Waals surface area contributed by atoms with Crippen molar-refractivity contribution in [1.29, 1.82) is 0 Å². The predicted octanol–water partition coefficient (Wildman–Crippen LogP) is 0.702. The first-order chi connectivity index (χ1) is 6.32. The lowest BCUT2D eigenvalue weighted by Crippen LogP contribution is -2.03. The van der Waals surface area contributed by atoms with Crippen LogP contribution in [-0.2, 0) is 9.84 Å². The van der Waals surface area contributed by atoms with E-state index >= 15 is 0 Å². The summed E-state index contributed by atoms with van der Waals surface area (Å²) >= 11 is 0. The Kier molecular flexibility index (Phi) is 2.52. The van der Waals surface area contributed by atoms with Gasteiger partial charge in [0.05, 0.1) is 4.92 Å². The van der Waals surface area contributed by atoms with Crippen molar-refractivity contribution in [2.45, 2.75) is 11.9 Å². The molecule has 1 heterocycles. The minimum atomic E-state index is -3.40. The zero-order valence-corrected chi connectivity index (χ0v) is 8.41. The summed E-state index contributed by atoms with van der Waals surface area (Å²) in [5.74, 6) is 0. The molecule has 14 heavy (non-hydrogen) atoms. The van der Waals surface area contributed by atoms with Crippen LogP contribution in [0, 0.1) is 17.0 Å². The lowest BCUT2D eigenvalue weighted by molar-refractivity contribution is -0.385. The third-order valence-corrected chi connectivity index (χ3v) is 2.60. The standard InChI is InChI=1S/C7H8N2O4S/c1-5-6(9(10)11)3-4-7(8-5)14(2,12)13/h3-4H,1-2H3. The molecule has 1 aromatic rings. The minimum Gasteiger partial charge on any atom is -0.258 e. The number of aryl methyl sites for hydroxylation is 1. The smallest absolute Gasteiger partial charge is 0.258 e. The van der Waals surface area contributed by atoms with Crippen LogP contribution in [0.5, 0.6) is 0 Å². The molecule has 7 heteroatoms. The van der Waals surface area contributed by atoms with E-state index in [4.69, 9.17) is 0 Å². The largest absolute Gasteiger partial charge is 0.290 e. The van der Waals surface area contributed by atoms with Gasteiger partial charge in [0.25, 0.3) is 5.69 Å². The highest BCUT2D eigenvalue weighted by Crippen LogP contribution is 2.17. The summed E-state index contributed by atoms with van der Waals surface area (Å²) in [6.07, 6.45) is 1.00. The van der Waals surface area contributed by atoms with Crippen molar-refractivity contribution in [3.05, 3.63) is 27.9 Å². The lowest BCUT2D eigenvalue weighted by atomic mass is 10.3.